The van der Waals surface area contributed by atoms with Crippen LogP contribution < -0.4 is 4.74 Å². The van der Waals surface area contributed by atoms with Crippen LogP contribution in [0.3, 0.4) is 0 Å². The summed E-state index contributed by atoms with van der Waals surface area (Å²) in [6.45, 7) is 7.57. The summed E-state index contributed by atoms with van der Waals surface area (Å²) in [5.41, 5.74) is 1.51. The number of rotatable bonds is 6. The van der Waals surface area contributed by atoms with Gasteiger partial charge in [0, 0.05) is 31.9 Å². The second kappa shape index (κ2) is 9.39. The summed E-state index contributed by atoms with van der Waals surface area (Å²) in [5.74, 6) is 1.07. The molecule has 0 bridgehead atoms. The number of halogens is 1. The van der Waals surface area contributed by atoms with Crippen LogP contribution in [0, 0.1) is 18.7 Å². The van der Waals surface area contributed by atoms with Gasteiger partial charge < -0.3 is 14.4 Å². The average Bonchev–Trinajstić information content (AvgIpc) is 3.16. The molecule has 2 aliphatic heterocycles. The molecule has 1 aromatic carbocycles. The van der Waals surface area contributed by atoms with Gasteiger partial charge >= 0.3 is 0 Å². The molecular formula is C24H32FN3O3. The number of hydrogen-bond acceptors (Lipinski definition) is 4. The Balaban J connectivity index is 1.28. The normalized spacial score (nSPS) is 20.7. The zero-order chi connectivity index (χ0) is 21.8. The molecule has 0 aliphatic carbocycles. The van der Waals surface area contributed by atoms with Gasteiger partial charge in [-0.1, -0.05) is 0 Å². The summed E-state index contributed by atoms with van der Waals surface area (Å²) in [5, 5.41) is 4.31. The fourth-order valence-corrected chi connectivity index (χ4v) is 4.86. The summed E-state index contributed by atoms with van der Waals surface area (Å²) >= 11 is 0. The second-order valence-electron chi connectivity index (χ2n) is 8.73. The van der Waals surface area contributed by atoms with E-state index in [9.17, 15) is 9.18 Å². The number of amides is 1. The van der Waals surface area contributed by atoms with Crippen LogP contribution >= 0.6 is 0 Å². The molecular weight excluding hydrogens is 397 g/mol. The third kappa shape index (κ3) is 4.92. The van der Waals surface area contributed by atoms with Crippen molar-refractivity contribution in [3.63, 3.8) is 0 Å². The first-order valence-corrected chi connectivity index (χ1v) is 11.3. The molecule has 31 heavy (non-hydrogen) atoms. The van der Waals surface area contributed by atoms with E-state index in [-0.39, 0.29) is 17.3 Å². The summed E-state index contributed by atoms with van der Waals surface area (Å²) in [6, 6.07) is 6.17. The lowest BCUT2D eigenvalue weighted by molar-refractivity contribution is -0.125. The van der Waals surface area contributed by atoms with Gasteiger partial charge in [0.05, 0.1) is 24.0 Å². The maximum Gasteiger partial charge on any atom is 0.257 e. The molecule has 1 amide bonds. The fourth-order valence-electron chi connectivity index (χ4n) is 4.86. The Kier molecular flexibility index (Phi) is 6.60. The van der Waals surface area contributed by atoms with Crippen molar-refractivity contribution in [2.45, 2.75) is 58.1 Å². The van der Waals surface area contributed by atoms with Crippen molar-refractivity contribution in [1.29, 1.82) is 0 Å². The largest absolute Gasteiger partial charge is 0.494 e. The fraction of sp³-hybridized carbons (Fsp3) is 0.583. The topological polar surface area (TPSA) is 56.6 Å². The molecule has 3 heterocycles. The van der Waals surface area contributed by atoms with Gasteiger partial charge in [-0.25, -0.2) is 4.39 Å². The minimum atomic E-state index is -0.252. The molecule has 4 rings (SSSR count). The van der Waals surface area contributed by atoms with Gasteiger partial charge in [-0.15, -0.1) is 0 Å². The van der Waals surface area contributed by atoms with E-state index >= 15 is 0 Å². The maximum absolute atomic E-state index is 13.0. The molecule has 2 aromatic rings. The molecule has 2 aliphatic rings. The number of carbonyl (C=O) groups excluding carboxylic acids is 1. The number of benzene rings is 1. The summed E-state index contributed by atoms with van der Waals surface area (Å²) < 4.78 is 26.9. The number of piperidine rings is 1. The lowest BCUT2D eigenvalue weighted by atomic mass is 9.78. The van der Waals surface area contributed by atoms with Crippen LogP contribution in [-0.2, 0) is 11.3 Å². The van der Waals surface area contributed by atoms with Gasteiger partial charge in [0.15, 0.2) is 0 Å². The molecule has 168 valence electrons. The smallest absolute Gasteiger partial charge is 0.257 e. The highest BCUT2D eigenvalue weighted by molar-refractivity contribution is 5.95. The van der Waals surface area contributed by atoms with Gasteiger partial charge in [-0.05, 0) is 76.1 Å². The highest BCUT2D eigenvalue weighted by Gasteiger charge is 2.41. The Hall–Kier alpha value is -2.41. The van der Waals surface area contributed by atoms with Crippen LogP contribution in [-0.4, -0.2) is 52.5 Å². The maximum atomic E-state index is 13.0. The Morgan fingerprint density at radius 2 is 2.03 bits per heavy atom. The van der Waals surface area contributed by atoms with Gasteiger partial charge in [0.25, 0.3) is 5.91 Å². The average molecular weight is 430 g/mol. The van der Waals surface area contributed by atoms with Crippen molar-refractivity contribution in [2.24, 2.45) is 5.92 Å². The van der Waals surface area contributed by atoms with E-state index in [0.29, 0.717) is 36.9 Å². The van der Waals surface area contributed by atoms with E-state index in [4.69, 9.17) is 9.47 Å². The molecule has 1 spiro atoms. The van der Waals surface area contributed by atoms with Gasteiger partial charge in [-0.2, -0.15) is 5.10 Å². The van der Waals surface area contributed by atoms with E-state index in [1.165, 1.54) is 12.1 Å². The SMILES string of the molecule is CCn1ncc(C(=O)N2CCC3(CC2)CC(CCOc2ccc(F)cc2)CCO3)c1C. The second-order valence-corrected chi connectivity index (χ2v) is 8.73. The van der Waals surface area contributed by atoms with E-state index in [1.54, 1.807) is 18.3 Å². The van der Waals surface area contributed by atoms with Crippen LogP contribution in [0.15, 0.2) is 30.5 Å². The summed E-state index contributed by atoms with van der Waals surface area (Å²) in [6.07, 6.45) is 6.44. The van der Waals surface area contributed by atoms with E-state index < -0.39 is 0 Å². The molecule has 7 heteroatoms. The van der Waals surface area contributed by atoms with E-state index in [2.05, 4.69) is 5.10 Å². The lowest BCUT2D eigenvalue weighted by Gasteiger charge is -2.46. The van der Waals surface area contributed by atoms with E-state index in [1.807, 2.05) is 23.4 Å². The third-order valence-corrected chi connectivity index (χ3v) is 6.80. The molecule has 2 fully saturated rings. The Bertz CT molecular complexity index is 888. The van der Waals surface area contributed by atoms with Crippen molar-refractivity contribution in [3.8, 4) is 5.75 Å². The van der Waals surface area contributed by atoms with Crippen molar-refractivity contribution < 1.29 is 18.7 Å². The first-order valence-electron chi connectivity index (χ1n) is 11.3. The molecule has 0 N–H and O–H groups in total. The van der Waals surface area contributed by atoms with Gasteiger partial charge in [0.2, 0.25) is 0 Å². The zero-order valence-electron chi connectivity index (χ0n) is 18.5. The molecule has 6 nitrogen and oxygen atoms in total. The van der Waals surface area contributed by atoms with Crippen molar-refractivity contribution in [2.75, 3.05) is 26.3 Å². The first-order chi connectivity index (χ1) is 15.0. The van der Waals surface area contributed by atoms with Crippen LogP contribution in [0.5, 0.6) is 5.75 Å². The van der Waals surface area contributed by atoms with Crippen molar-refractivity contribution in [1.82, 2.24) is 14.7 Å². The predicted molar refractivity (Wildman–Crippen MR) is 116 cm³/mol. The first kappa shape index (κ1) is 21.8. The number of ether oxygens (including phenoxy) is 2. The highest BCUT2D eigenvalue weighted by Crippen LogP contribution is 2.39. The van der Waals surface area contributed by atoms with Crippen LogP contribution in [0.4, 0.5) is 4.39 Å². The summed E-state index contributed by atoms with van der Waals surface area (Å²) in [4.78, 5) is 14.9. The minimum absolute atomic E-state index is 0.0760. The van der Waals surface area contributed by atoms with Gasteiger partial charge in [-0.3, -0.25) is 9.48 Å². The molecule has 2 saturated heterocycles. The molecule has 1 atom stereocenters. The zero-order valence-corrected chi connectivity index (χ0v) is 18.5. The molecule has 1 aromatic heterocycles. The quantitative estimate of drug-likeness (QED) is 0.690. The number of likely N-dealkylation sites (tertiary alicyclic amines) is 1. The monoisotopic (exact) mass is 429 g/mol. The molecule has 1 unspecified atom stereocenters. The van der Waals surface area contributed by atoms with Crippen molar-refractivity contribution in [3.05, 3.63) is 47.5 Å². The van der Waals surface area contributed by atoms with Crippen molar-refractivity contribution >= 4 is 5.91 Å². The highest BCUT2D eigenvalue weighted by atomic mass is 19.1. The van der Waals surface area contributed by atoms with Crippen LogP contribution in [0.25, 0.3) is 0 Å². The van der Waals surface area contributed by atoms with Crippen LogP contribution in [0.2, 0.25) is 0 Å². The van der Waals surface area contributed by atoms with Crippen LogP contribution in [0.1, 0.15) is 55.1 Å². The lowest BCUT2D eigenvalue weighted by Crippen LogP contribution is -2.51. The Morgan fingerprint density at radius 1 is 1.29 bits per heavy atom. The number of hydrogen-bond donors (Lipinski definition) is 0. The standard InChI is InChI=1S/C24H32FN3O3/c1-3-28-18(2)22(17-26-28)23(29)27-12-10-24(11-13-27)16-19(9-15-31-24)8-14-30-21-6-4-20(25)5-7-21/h4-7,17,19H,3,8-16H2,1-2H3. The third-order valence-electron chi connectivity index (χ3n) is 6.80. The molecule has 0 saturated carbocycles. The predicted octanol–water partition coefficient (Wildman–Crippen LogP) is 4.22. The number of carbonyl (C=O) groups is 1. The van der Waals surface area contributed by atoms with Gasteiger partial charge in [0.1, 0.15) is 11.6 Å². The van der Waals surface area contributed by atoms with E-state index in [0.717, 1.165) is 50.9 Å². The number of aromatic nitrogens is 2. The summed E-state index contributed by atoms with van der Waals surface area (Å²) in [7, 11) is 0. The Morgan fingerprint density at radius 3 is 2.71 bits per heavy atom. The Labute approximate surface area is 183 Å². The minimum Gasteiger partial charge on any atom is -0.494 e. The number of aryl methyl sites for hydroxylation is 1. The number of nitrogens with zero attached hydrogens (tertiary/aromatic N) is 3. The molecule has 0 radical (unpaired) electrons.